The van der Waals surface area contributed by atoms with Crippen molar-refractivity contribution in [1.29, 1.82) is 0 Å². The molecule has 0 bridgehead atoms. The van der Waals surface area contributed by atoms with Gasteiger partial charge >= 0.3 is 0 Å². The molecule has 0 radical (unpaired) electrons. The van der Waals surface area contributed by atoms with E-state index in [9.17, 15) is 4.39 Å². The third-order valence-corrected chi connectivity index (χ3v) is 3.66. The third kappa shape index (κ3) is 3.05. The molecule has 0 aliphatic heterocycles. The van der Waals surface area contributed by atoms with Crippen LogP contribution in [0.4, 0.5) is 4.39 Å². The van der Waals surface area contributed by atoms with Crippen LogP contribution < -0.4 is 5.73 Å². The van der Waals surface area contributed by atoms with Gasteiger partial charge in [-0.25, -0.2) is 4.39 Å². The average Bonchev–Trinajstić information content (AvgIpc) is 2.80. The van der Waals surface area contributed by atoms with Gasteiger partial charge in [0, 0.05) is 6.04 Å². The van der Waals surface area contributed by atoms with Crippen molar-refractivity contribution >= 4 is 0 Å². The number of nitrogens with two attached hydrogens (primary N) is 1. The molecule has 0 amide bonds. The van der Waals surface area contributed by atoms with Crippen molar-refractivity contribution in [2.24, 2.45) is 11.7 Å². The second-order valence-electron chi connectivity index (χ2n) is 4.89. The summed E-state index contributed by atoms with van der Waals surface area (Å²) in [7, 11) is 0. The van der Waals surface area contributed by atoms with Crippen LogP contribution in [-0.4, -0.2) is 0 Å². The molecule has 1 aromatic rings. The summed E-state index contributed by atoms with van der Waals surface area (Å²) >= 11 is 0. The Morgan fingerprint density at radius 3 is 2.44 bits per heavy atom. The second kappa shape index (κ2) is 5.44. The molecule has 0 saturated heterocycles. The van der Waals surface area contributed by atoms with Gasteiger partial charge in [0.05, 0.1) is 0 Å². The standard InChI is InChI=1S/C14H20FN/c15-13-8-6-12(7-9-13)14(16)10-5-11-3-1-2-4-11/h6-9,11,14H,1-5,10,16H2. The van der Waals surface area contributed by atoms with Gasteiger partial charge in [-0.15, -0.1) is 0 Å². The Labute approximate surface area is 96.9 Å². The minimum atomic E-state index is -0.188. The molecule has 1 aliphatic carbocycles. The van der Waals surface area contributed by atoms with E-state index in [0.29, 0.717) is 0 Å². The molecule has 0 spiro atoms. The largest absolute Gasteiger partial charge is 0.324 e. The van der Waals surface area contributed by atoms with Crippen molar-refractivity contribution in [2.45, 2.75) is 44.6 Å². The summed E-state index contributed by atoms with van der Waals surface area (Å²) in [5.41, 5.74) is 7.16. The van der Waals surface area contributed by atoms with Crippen LogP contribution in [-0.2, 0) is 0 Å². The molecule has 1 aromatic carbocycles. The second-order valence-corrected chi connectivity index (χ2v) is 4.89. The summed E-state index contributed by atoms with van der Waals surface area (Å²) in [6.45, 7) is 0. The zero-order valence-corrected chi connectivity index (χ0v) is 9.66. The summed E-state index contributed by atoms with van der Waals surface area (Å²) in [5.74, 6) is 0.693. The molecule has 0 aromatic heterocycles. The maximum atomic E-state index is 12.7. The Bertz CT molecular complexity index is 314. The average molecular weight is 221 g/mol. The van der Waals surface area contributed by atoms with Crippen LogP contribution in [0.15, 0.2) is 24.3 Å². The van der Waals surface area contributed by atoms with E-state index in [1.54, 1.807) is 12.1 Å². The van der Waals surface area contributed by atoms with Crippen LogP contribution in [0.1, 0.15) is 50.1 Å². The van der Waals surface area contributed by atoms with Crippen LogP contribution >= 0.6 is 0 Å². The van der Waals surface area contributed by atoms with Gasteiger partial charge in [-0.3, -0.25) is 0 Å². The van der Waals surface area contributed by atoms with Gasteiger partial charge in [-0.2, -0.15) is 0 Å². The molecule has 2 N–H and O–H groups in total. The smallest absolute Gasteiger partial charge is 0.123 e. The molecule has 0 heterocycles. The quantitative estimate of drug-likeness (QED) is 0.822. The van der Waals surface area contributed by atoms with Crippen LogP contribution in [0, 0.1) is 11.7 Å². The lowest BCUT2D eigenvalue weighted by Crippen LogP contribution is -2.11. The van der Waals surface area contributed by atoms with Gasteiger partial charge in [0.15, 0.2) is 0 Å². The van der Waals surface area contributed by atoms with Gasteiger partial charge in [-0.05, 0) is 36.5 Å². The van der Waals surface area contributed by atoms with E-state index in [2.05, 4.69) is 0 Å². The van der Waals surface area contributed by atoms with Gasteiger partial charge in [0.2, 0.25) is 0 Å². The van der Waals surface area contributed by atoms with Crippen molar-refractivity contribution in [3.8, 4) is 0 Å². The van der Waals surface area contributed by atoms with Crippen LogP contribution in [0.5, 0.6) is 0 Å². The van der Waals surface area contributed by atoms with Crippen LogP contribution in [0.2, 0.25) is 0 Å². The molecule has 88 valence electrons. The normalized spacial score (nSPS) is 18.9. The first kappa shape index (κ1) is 11.6. The van der Waals surface area contributed by atoms with Gasteiger partial charge in [0.1, 0.15) is 5.82 Å². The van der Waals surface area contributed by atoms with Crippen molar-refractivity contribution < 1.29 is 4.39 Å². The predicted molar refractivity (Wildman–Crippen MR) is 64.5 cm³/mol. The molecule has 2 rings (SSSR count). The summed E-state index contributed by atoms with van der Waals surface area (Å²) in [5, 5.41) is 0. The van der Waals surface area contributed by atoms with Gasteiger partial charge < -0.3 is 5.73 Å². The molecule has 1 fully saturated rings. The highest BCUT2D eigenvalue weighted by molar-refractivity contribution is 5.19. The Balaban J connectivity index is 1.82. The fourth-order valence-corrected chi connectivity index (χ4v) is 2.59. The summed E-state index contributed by atoms with van der Waals surface area (Å²) in [4.78, 5) is 0. The van der Waals surface area contributed by atoms with Crippen LogP contribution in [0.25, 0.3) is 0 Å². The van der Waals surface area contributed by atoms with E-state index in [0.717, 1.165) is 17.9 Å². The van der Waals surface area contributed by atoms with Crippen LogP contribution in [0.3, 0.4) is 0 Å². The molecule has 2 heteroatoms. The zero-order chi connectivity index (χ0) is 11.4. The fourth-order valence-electron chi connectivity index (χ4n) is 2.59. The number of halogens is 1. The fraction of sp³-hybridized carbons (Fsp3) is 0.571. The molecule has 16 heavy (non-hydrogen) atoms. The molecule has 1 aliphatic rings. The Kier molecular flexibility index (Phi) is 3.94. The van der Waals surface area contributed by atoms with Gasteiger partial charge in [0.25, 0.3) is 0 Å². The van der Waals surface area contributed by atoms with E-state index in [4.69, 9.17) is 5.73 Å². The molecular formula is C14H20FN. The summed E-state index contributed by atoms with van der Waals surface area (Å²) < 4.78 is 12.7. The third-order valence-electron chi connectivity index (χ3n) is 3.66. The summed E-state index contributed by atoms with van der Waals surface area (Å²) in [6, 6.07) is 6.65. The maximum Gasteiger partial charge on any atom is 0.123 e. The van der Waals surface area contributed by atoms with E-state index in [1.165, 1.54) is 44.2 Å². The first-order chi connectivity index (χ1) is 7.75. The van der Waals surface area contributed by atoms with Crippen molar-refractivity contribution in [3.05, 3.63) is 35.6 Å². The monoisotopic (exact) mass is 221 g/mol. The molecule has 1 saturated carbocycles. The number of hydrogen-bond acceptors (Lipinski definition) is 1. The molecule has 1 unspecified atom stereocenters. The first-order valence-corrected chi connectivity index (χ1v) is 6.27. The molecular weight excluding hydrogens is 201 g/mol. The lowest BCUT2D eigenvalue weighted by Gasteiger charge is -2.14. The maximum absolute atomic E-state index is 12.7. The highest BCUT2D eigenvalue weighted by Gasteiger charge is 2.16. The number of benzene rings is 1. The molecule has 1 atom stereocenters. The van der Waals surface area contributed by atoms with Gasteiger partial charge in [-0.1, -0.05) is 37.8 Å². The lowest BCUT2D eigenvalue weighted by molar-refractivity contribution is 0.454. The predicted octanol–water partition coefficient (Wildman–Crippen LogP) is 3.80. The van der Waals surface area contributed by atoms with E-state index in [-0.39, 0.29) is 11.9 Å². The minimum Gasteiger partial charge on any atom is -0.324 e. The Hall–Kier alpha value is -0.890. The van der Waals surface area contributed by atoms with E-state index in [1.807, 2.05) is 0 Å². The first-order valence-electron chi connectivity index (χ1n) is 6.27. The topological polar surface area (TPSA) is 26.0 Å². The van der Waals surface area contributed by atoms with Crippen molar-refractivity contribution in [2.75, 3.05) is 0 Å². The summed E-state index contributed by atoms with van der Waals surface area (Å²) in [6.07, 6.45) is 7.76. The molecule has 1 nitrogen and oxygen atoms in total. The Morgan fingerprint density at radius 2 is 1.81 bits per heavy atom. The SMILES string of the molecule is NC(CCC1CCCC1)c1ccc(F)cc1. The lowest BCUT2D eigenvalue weighted by atomic mass is 9.95. The highest BCUT2D eigenvalue weighted by atomic mass is 19.1. The number of hydrogen-bond donors (Lipinski definition) is 1. The minimum absolute atomic E-state index is 0.0706. The van der Waals surface area contributed by atoms with E-state index >= 15 is 0 Å². The zero-order valence-electron chi connectivity index (χ0n) is 9.66. The van der Waals surface area contributed by atoms with Crippen molar-refractivity contribution in [3.63, 3.8) is 0 Å². The Morgan fingerprint density at radius 1 is 1.19 bits per heavy atom. The van der Waals surface area contributed by atoms with Crippen molar-refractivity contribution in [1.82, 2.24) is 0 Å². The van der Waals surface area contributed by atoms with E-state index < -0.39 is 0 Å². The number of rotatable bonds is 4. The highest BCUT2D eigenvalue weighted by Crippen LogP contribution is 2.30.